The van der Waals surface area contributed by atoms with Gasteiger partial charge in [-0.3, -0.25) is 0 Å². The van der Waals surface area contributed by atoms with Crippen LogP contribution in [-0.4, -0.2) is 25.2 Å². The maximum absolute atomic E-state index is 13.8. The molecule has 1 aliphatic heterocycles. The molecule has 1 aromatic rings. The van der Waals surface area contributed by atoms with Crippen molar-refractivity contribution in [1.82, 2.24) is 5.32 Å². The Labute approximate surface area is 105 Å². The summed E-state index contributed by atoms with van der Waals surface area (Å²) >= 11 is 0. The van der Waals surface area contributed by atoms with Crippen molar-refractivity contribution in [1.29, 1.82) is 0 Å². The van der Waals surface area contributed by atoms with E-state index in [4.69, 9.17) is 0 Å². The van der Waals surface area contributed by atoms with Gasteiger partial charge in [0.25, 0.3) is 0 Å². The molecule has 1 heterocycles. The second-order valence-electron chi connectivity index (χ2n) is 5.28. The van der Waals surface area contributed by atoms with Gasteiger partial charge in [0, 0.05) is 18.6 Å². The van der Waals surface area contributed by atoms with Crippen LogP contribution in [0.3, 0.4) is 0 Å². The lowest BCUT2D eigenvalue weighted by Crippen LogP contribution is -2.46. The van der Waals surface area contributed by atoms with Crippen LogP contribution in [0, 0.1) is 17.5 Å². The number of nitrogens with zero attached hydrogens (tertiary/aromatic N) is 1. The highest BCUT2D eigenvalue weighted by Gasteiger charge is 2.27. The van der Waals surface area contributed by atoms with E-state index in [1.54, 1.807) is 4.90 Å². The number of hydrogen-bond donors (Lipinski definition) is 1. The van der Waals surface area contributed by atoms with Gasteiger partial charge < -0.3 is 10.2 Å². The Morgan fingerprint density at radius 3 is 2.61 bits per heavy atom. The van der Waals surface area contributed by atoms with Gasteiger partial charge in [0.15, 0.2) is 17.5 Å². The molecule has 2 rings (SSSR count). The normalized spacial score (nSPS) is 19.7. The van der Waals surface area contributed by atoms with Crippen LogP contribution in [0.1, 0.15) is 20.3 Å². The molecule has 0 unspecified atom stereocenters. The van der Waals surface area contributed by atoms with Crippen molar-refractivity contribution in [2.75, 3.05) is 24.5 Å². The van der Waals surface area contributed by atoms with Crippen LogP contribution in [0.15, 0.2) is 12.1 Å². The highest BCUT2D eigenvalue weighted by molar-refractivity contribution is 5.49. The first-order valence-electron chi connectivity index (χ1n) is 6.04. The third-order valence-electron chi connectivity index (χ3n) is 3.15. The molecular formula is C13H17F3N2. The molecule has 18 heavy (non-hydrogen) atoms. The number of halogens is 3. The van der Waals surface area contributed by atoms with Gasteiger partial charge >= 0.3 is 0 Å². The molecule has 1 saturated heterocycles. The Hall–Kier alpha value is -1.23. The lowest BCUT2D eigenvalue weighted by atomic mass is 10.1. The van der Waals surface area contributed by atoms with Gasteiger partial charge in [0.2, 0.25) is 0 Å². The van der Waals surface area contributed by atoms with Gasteiger partial charge in [-0.05, 0) is 38.9 Å². The van der Waals surface area contributed by atoms with Gasteiger partial charge in [0.05, 0.1) is 5.69 Å². The largest absolute Gasteiger partial charge is 0.367 e. The fourth-order valence-electron chi connectivity index (χ4n) is 2.27. The maximum atomic E-state index is 13.8. The Morgan fingerprint density at radius 2 is 1.89 bits per heavy atom. The molecule has 0 saturated carbocycles. The quantitative estimate of drug-likeness (QED) is 0.779. The van der Waals surface area contributed by atoms with E-state index in [1.165, 1.54) is 6.07 Å². The summed E-state index contributed by atoms with van der Waals surface area (Å²) in [7, 11) is 0. The van der Waals surface area contributed by atoms with Gasteiger partial charge in [0.1, 0.15) is 0 Å². The third kappa shape index (κ3) is 2.61. The molecule has 1 aliphatic rings. The fourth-order valence-corrected chi connectivity index (χ4v) is 2.27. The zero-order valence-corrected chi connectivity index (χ0v) is 10.6. The van der Waals surface area contributed by atoms with Crippen molar-refractivity contribution in [2.45, 2.75) is 25.8 Å². The summed E-state index contributed by atoms with van der Waals surface area (Å²) in [4.78, 5) is 1.76. The van der Waals surface area contributed by atoms with Crippen LogP contribution in [-0.2, 0) is 0 Å². The first-order chi connectivity index (χ1) is 8.41. The van der Waals surface area contributed by atoms with Crippen molar-refractivity contribution in [3.63, 3.8) is 0 Å². The van der Waals surface area contributed by atoms with E-state index in [1.807, 2.05) is 13.8 Å². The van der Waals surface area contributed by atoms with Crippen LogP contribution >= 0.6 is 0 Å². The van der Waals surface area contributed by atoms with Crippen molar-refractivity contribution in [3.05, 3.63) is 29.6 Å². The molecule has 2 nitrogen and oxygen atoms in total. The molecule has 1 fully saturated rings. The van der Waals surface area contributed by atoms with Crippen LogP contribution in [0.5, 0.6) is 0 Å². The van der Waals surface area contributed by atoms with Crippen LogP contribution < -0.4 is 10.2 Å². The molecule has 5 heteroatoms. The fraction of sp³-hybridized carbons (Fsp3) is 0.538. The Bertz CT molecular complexity index is 446. The molecule has 1 N–H and O–H groups in total. The molecule has 0 bridgehead atoms. The SMILES string of the molecule is CC1(C)CN(c2ccc(F)c(F)c2F)CCCN1. The molecule has 1 aromatic carbocycles. The number of nitrogens with one attached hydrogen (secondary N) is 1. The van der Waals surface area contributed by atoms with E-state index < -0.39 is 17.5 Å². The van der Waals surface area contributed by atoms with Gasteiger partial charge in [-0.1, -0.05) is 0 Å². The molecule has 0 atom stereocenters. The highest BCUT2D eigenvalue weighted by Crippen LogP contribution is 2.26. The van der Waals surface area contributed by atoms with E-state index in [0.717, 1.165) is 19.0 Å². The van der Waals surface area contributed by atoms with Crippen molar-refractivity contribution < 1.29 is 13.2 Å². The van der Waals surface area contributed by atoms with Gasteiger partial charge in [-0.2, -0.15) is 0 Å². The number of benzene rings is 1. The van der Waals surface area contributed by atoms with Gasteiger partial charge in [-0.15, -0.1) is 0 Å². The summed E-state index contributed by atoms with van der Waals surface area (Å²) in [5, 5.41) is 3.33. The van der Waals surface area contributed by atoms with Crippen LogP contribution in [0.4, 0.5) is 18.9 Å². The van der Waals surface area contributed by atoms with E-state index in [-0.39, 0.29) is 11.2 Å². The minimum atomic E-state index is -1.40. The van der Waals surface area contributed by atoms with Crippen molar-refractivity contribution in [3.8, 4) is 0 Å². The summed E-state index contributed by atoms with van der Waals surface area (Å²) in [6.07, 6.45) is 0.835. The summed E-state index contributed by atoms with van der Waals surface area (Å²) in [6, 6.07) is 2.27. The summed E-state index contributed by atoms with van der Waals surface area (Å²) in [6.45, 7) is 6.01. The Balaban J connectivity index is 2.33. The average Bonchev–Trinajstić information content (AvgIpc) is 2.47. The lowest BCUT2D eigenvalue weighted by molar-refractivity contribution is 0.411. The average molecular weight is 258 g/mol. The van der Waals surface area contributed by atoms with E-state index in [0.29, 0.717) is 13.1 Å². The van der Waals surface area contributed by atoms with Crippen LogP contribution in [0.25, 0.3) is 0 Å². The zero-order chi connectivity index (χ0) is 13.3. The first kappa shape index (κ1) is 13.2. The summed E-state index contributed by atoms with van der Waals surface area (Å²) in [5.74, 6) is -3.65. The number of hydrogen-bond acceptors (Lipinski definition) is 2. The monoisotopic (exact) mass is 258 g/mol. The van der Waals surface area contributed by atoms with Gasteiger partial charge in [-0.25, -0.2) is 13.2 Å². The zero-order valence-electron chi connectivity index (χ0n) is 10.6. The molecule has 0 radical (unpaired) electrons. The first-order valence-corrected chi connectivity index (χ1v) is 6.04. The molecule has 0 aliphatic carbocycles. The third-order valence-corrected chi connectivity index (χ3v) is 3.15. The standard InChI is InChI=1S/C13H17F3N2/c1-13(2)8-18(7-3-6-17-13)10-5-4-9(14)11(15)12(10)16/h4-5,17H,3,6-8H2,1-2H3. The van der Waals surface area contributed by atoms with Crippen molar-refractivity contribution >= 4 is 5.69 Å². The predicted octanol–water partition coefficient (Wildman–Crippen LogP) is 2.68. The van der Waals surface area contributed by atoms with E-state index in [9.17, 15) is 13.2 Å². The smallest absolute Gasteiger partial charge is 0.196 e. The Morgan fingerprint density at radius 1 is 1.17 bits per heavy atom. The molecule has 0 amide bonds. The number of rotatable bonds is 1. The highest BCUT2D eigenvalue weighted by atomic mass is 19.2. The topological polar surface area (TPSA) is 15.3 Å². The second-order valence-corrected chi connectivity index (χ2v) is 5.28. The predicted molar refractivity (Wildman–Crippen MR) is 65.2 cm³/mol. The second kappa shape index (κ2) is 4.80. The molecule has 0 spiro atoms. The summed E-state index contributed by atoms with van der Waals surface area (Å²) < 4.78 is 39.9. The molecule has 100 valence electrons. The van der Waals surface area contributed by atoms with E-state index >= 15 is 0 Å². The lowest BCUT2D eigenvalue weighted by Gasteiger charge is -2.31. The van der Waals surface area contributed by atoms with E-state index in [2.05, 4.69) is 5.32 Å². The minimum absolute atomic E-state index is 0.130. The minimum Gasteiger partial charge on any atom is -0.367 e. The van der Waals surface area contributed by atoms with Crippen LogP contribution in [0.2, 0.25) is 0 Å². The van der Waals surface area contributed by atoms with Crippen molar-refractivity contribution in [2.24, 2.45) is 0 Å². The Kier molecular flexibility index (Phi) is 3.52. The molecular weight excluding hydrogens is 241 g/mol. The maximum Gasteiger partial charge on any atom is 0.196 e. The summed E-state index contributed by atoms with van der Waals surface area (Å²) in [5.41, 5.74) is -0.0564. The number of anilines is 1. The molecule has 0 aromatic heterocycles.